The summed E-state index contributed by atoms with van der Waals surface area (Å²) in [6.45, 7) is 1.72. The fourth-order valence-electron chi connectivity index (χ4n) is 1.50. The van der Waals surface area contributed by atoms with Gasteiger partial charge in [0.1, 0.15) is 0 Å². The molecule has 0 spiro atoms. The third-order valence-corrected chi connectivity index (χ3v) is 3.70. The molecule has 0 atom stereocenters. The first kappa shape index (κ1) is 13.8. The van der Waals surface area contributed by atoms with E-state index in [1.54, 1.807) is 6.92 Å². The number of hydrogen-bond acceptors (Lipinski definition) is 3. The number of benzene rings is 1. The van der Waals surface area contributed by atoms with Gasteiger partial charge in [0.15, 0.2) is 0 Å². The van der Waals surface area contributed by atoms with Gasteiger partial charge in [0, 0.05) is 6.54 Å². The molecule has 0 aromatic heterocycles. The van der Waals surface area contributed by atoms with Crippen LogP contribution in [0.5, 0.6) is 0 Å². The standard InChI is InChI=1S/C10H12ClNO4S/c1-3-12(17(2,15)16)9-7(10(13)14)5-4-6-8(9)11/h4-6H,3H2,1-2H3,(H,13,14). The van der Waals surface area contributed by atoms with Gasteiger partial charge in [-0.1, -0.05) is 17.7 Å². The molecule has 1 aromatic rings. The zero-order chi connectivity index (χ0) is 13.2. The van der Waals surface area contributed by atoms with Crippen LogP contribution in [0.1, 0.15) is 17.3 Å². The molecule has 94 valence electrons. The first-order valence-electron chi connectivity index (χ1n) is 4.78. The lowest BCUT2D eigenvalue weighted by atomic mass is 10.2. The Balaban J connectivity index is 3.53. The number of para-hydroxylation sites is 1. The highest BCUT2D eigenvalue weighted by Gasteiger charge is 2.24. The molecule has 0 unspecified atom stereocenters. The summed E-state index contributed by atoms with van der Waals surface area (Å²) in [4.78, 5) is 11.0. The number of carbonyl (C=O) groups is 1. The fraction of sp³-hybridized carbons (Fsp3) is 0.300. The smallest absolute Gasteiger partial charge is 0.337 e. The molecule has 1 rings (SSSR count). The summed E-state index contributed by atoms with van der Waals surface area (Å²) in [7, 11) is -3.56. The molecule has 0 aliphatic heterocycles. The summed E-state index contributed by atoms with van der Waals surface area (Å²) in [6.07, 6.45) is 1.01. The Morgan fingerprint density at radius 2 is 2.06 bits per heavy atom. The molecule has 0 amide bonds. The van der Waals surface area contributed by atoms with Crippen molar-refractivity contribution < 1.29 is 18.3 Å². The zero-order valence-corrected chi connectivity index (χ0v) is 10.9. The lowest BCUT2D eigenvalue weighted by molar-refractivity contribution is 0.0698. The van der Waals surface area contributed by atoms with E-state index >= 15 is 0 Å². The van der Waals surface area contributed by atoms with Gasteiger partial charge >= 0.3 is 5.97 Å². The number of carboxylic acid groups (broad SMARTS) is 1. The quantitative estimate of drug-likeness (QED) is 0.911. The van der Waals surface area contributed by atoms with Gasteiger partial charge in [0.25, 0.3) is 0 Å². The highest BCUT2D eigenvalue weighted by Crippen LogP contribution is 2.31. The van der Waals surface area contributed by atoms with Gasteiger partial charge in [0.05, 0.1) is 22.5 Å². The lowest BCUT2D eigenvalue weighted by Gasteiger charge is -2.23. The Kier molecular flexibility index (Phi) is 4.00. The van der Waals surface area contributed by atoms with Crippen molar-refractivity contribution in [1.29, 1.82) is 0 Å². The SMILES string of the molecule is CCN(c1c(Cl)cccc1C(=O)O)S(C)(=O)=O. The number of rotatable bonds is 4. The molecule has 5 nitrogen and oxygen atoms in total. The molecule has 0 saturated heterocycles. The normalized spacial score (nSPS) is 11.2. The van der Waals surface area contributed by atoms with E-state index < -0.39 is 16.0 Å². The first-order valence-corrected chi connectivity index (χ1v) is 7.01. The fourth-order valence-corrected chi connectivity index (χ4v) is 2.82. The van der Waals surface area contributed by atoms with Crippen LogP contribution in [0, 0.1) is 0 Å². The van der Waals surface area contributed by atoms with E-state index in [-0.39, 0.29) is 22.8 Å². The summed E-state index contributed by atoms with van der Waals surface area (Å²) < 4.78 is 24.1. The maximum Gasteiger partial charge on any atom is 0.337 e. The van der Waals surface area contributed by atoms with Crippen LogP contribution in [0.15, 0.2) is 18.2 Å². The minimum absolute atomic E-state index is 0.00617. The molecule has 0 saturated carbocycles. The summed E-state index contributed by atoms with van der Waals surface area (Å²) in [5, 5.41) is 9.11. The number of anilines is 1. The number of aromatic carboxylic acids is 1. The maximum absolute atomic E-state index is 11.6. The molecule has 0 aliphatic rings. The second-order valence-corrected chi connectivity index (χ2v) is 5.68. The predicted molar refractivity (Wildman–Crippen MR) is 66.3 cm³/mol. The number of hydrogen-bond donors (Lipinski definition) is 1. The zero-order valence-electron chi connectivity index (χ0n) is 9.34. The van der Waals surface area contributed by atoms with Gasteiger partial charge in [-0.05, 0) is 19.1 Å². The van der Waals surface area contributed by atoms with Crippen LogP contribution in [-0.4, -0.2) is 32.3 Å². The van der Waals surface area contributed by atoms with Crippen LogP contribution in [0.3, 0.4) is 0 Å². The summed E-state index contributed by atoms with van der Waals surface area (Å²) in [5.74, 6) is -1.22. The van der Waals surface area contributed by atoms with Gasteiger partial charge in [-0.25, -0.2) is 13.2 Å². The van der Waals surface area contributed by atoms with Crippen molar-refractivity contribution in [3.8, 4) is 0 Å². The molecule has 0 heterocycles. The minimum Gasteiger partial charge on any atom is -0.478 e. The molecule has 0 radical (unpaired) electrons. The molecule has 0 aliphatic carbocycles. The van der Waals surface area contributed by atoms with Gasteiger partial charge in [-0.15, -0.1) is 0 Å². The van der Waals surface area contributed by atoms with Crippen LogP contribution < -0.4 is 4.31 Å². The van der Waals surface area contributed by atoms with Gasteiger partial charge < -0.3 is 5.11 Å². The lowest BCUT2D eigenvalue weighted by Crippen LogP contribution is -2.31. The van der Waals surface area contributed by atoms with E-state index in [4.69, 9.17) is 16.7 Å². The van der Waals surface area contributed by atoms with E-state index in [2.05, 4.69) is 0 Å². The Morgan fingerprint density at radius 3 is 2.47 bits per heavy atom. The Hall–Kier alpha value is -1.27. The first-order chi connectivity index (χ1) is 7.79. The predicted octanol–water partition coefficient (Wildman–Crippen LogP) is 1.82. The van der Waals surface area contributed by atoms with Crippen molar-refractivity contribution in [2.24, 2.45) is 0 Å². The van der Waals surface area contributed by atoms with Crippen LogP contribution >= 0.6 is 11.6 Å². The van der Waals surface area contributed by atoms with E-state index in [0.717, 1.165) is 10.6 Å². The Bertz CT molecular complexity index is 541. The van der Waals surface area contributed by atoms with Crippen molar-refractivity contribution in [3.05, 3.63) is 28.8 Å². The van der Waals surface area contributed by atoms with Crippen LogP contribution in [0.4, 0.5) is 5.69 Å². The van der Waals surface area contributed by atoms with Crippen LogP contribution in [0.25, 0.3) is 0 Å². The van der Waals surface area contributed by atoms with Crippen molar-refractivity contribution in [1.82, 2.24) is 0 Å². The monoisotopic (exact) mass is 277 g/mol. The topological polar surface area (TPSA) is 74.7 Å². The van der Waals surface area contributed by atoms with Gasteiger partial charge in [-0.2, -0.15) is 0 Å². The van der Waals surface area contributed by atoms with Gasteiger partial charge in [0.2, 0.25) is 10.0 Å². The highest BCUT2D eigenvalue weighted by molar-refractivity contribution is 7.92. The van der Waals surface area contributed by atoms with Gasteiger partial charge in [-0.3, -0.25) is 4.31 Å². The average Bonchev–Trinajstić information content (AvgIpc) is 2.19. The van der Waals surface area contributed by atoms with E-state index in [9.17, 15) is 13.2 Å². The highest BCUT2D eigenvalue weighted by atomic mass is 35.5. The summed E-state index contributed by atoms with van der Waals surface area (Å²) in [6, 6.07) is 4.24. The molecular formula is C10H12ClNO4S. The molecule has 7 heteroatoms. The third-order valence-electron chi connectivity index (χ3n) is 2.15. The van der Waals surface area contributed by atoms with E-state index in [1.165, 1.54) is 18.2 Å². The van der Waals surface area contributed by atoms with Crippen molar-refractivity contribution in [2.75, 3.05) is 17.1 Å². The second kappa shape index (κ2) is 4.93. The minimum atomic E-state index is -3.56. The maximum atomic E-state index is 11.6. The molecule has 1 N–H and O–H groups in total. The molecule has 0 bridgehead atoms. The van der Waals surface area contributed by atoms with Crippen LogP contribution in [0.2, 0.25) is 5.02 Å². The number of nitrogens with zero attached hydrogens (tertiary/aromatic N) is 1. The molecular weight excluding hydrogens is 266 g/mol. The molecule has 1 aromatic carbocycles. The van der Waals surface area contributed by atoms with Crippen molar-refractivity contribution in [3.63, 3.8) is 0 Å². The Labute approximate surface area is 105 Å². The number of carboxylic acids is 1. The summed E-state index contributed by atoms with van der Waals surface area (Å²) >= 11 is 5.88. The molecule has 0 fully saturated rings. The second-order valence-electron chi connectivity index (χ2n) is 3.37. The largest absolute Gasteiger partial charge is 0.478 e. The van der Waals surface area contributed by atoms with E-state index in [0.29, 0.717) is 0 Å². The summed E-state index contributed by atoms with van der Waals surface area (Å²) in [5.41, 5.74) is -0.128. The average molecular weight is 278 g/mol. The molecule has 17 heavy (non-hydrogen) atoms. The number of halogens is 1. The van der Waals surface area contributed by atoms with Crippen molar-refractivity contribution in [2.45, 2.75) is 6.92 Å². The third kappa shape index (κ3) is 2.89. The number of sulfonamides is 1. The van der Waals surface area contributed by atoms with E-state index in [1.807, 2.05) is 0 Å². The Morgan fingerprint density at radius 1 is 1.47 bits per heavy atom. The van der Waals surface area contributed by atoms with Crippen LogP contribution in [-0.2, 0) is 10.0 Å². The van der Waals surface area contributed by atoms with Crippen molar-refractivity contribution >= 4 is 33.3 Å².